The SMILES string of the molecule is COCC1CC2(CCN(C(=O)c3ccnnc3)CC2)CN1c1ncccn1.O=C(O)C(F)(F)F. The van der Waals surface area contributed by atoms with Crippen LogP contribution in [0.3, 0.4) is 0 Å². The van der Waals surface area contributed by atoms with Crippen LogP contribution in [0.2, 0.25) is 0 Å². The van der Waals surface area contributed by atoms with Crippen LogP contribution in [0.5, 0.6) is 0 Å². The van der Waals surface area contributed by atoms with Crippen molar-refractivity contribution in [1.29, 1.82) is 0 Å². The third-order valence-corrected chi connectivity index (χ3v) is 5.97. The first-order valence-electron chi connectivity index (χ1n) is 10.5. The van der Waals surface area contributed by atoms with E-state index in [1.165, 1.54) is 6.20 Å². The number of rotatable bonds is 4. The van der Waals surface area contributed by atoms with Gasteiger partial charge >= 0.3 is 12.1 Å². The normalized spacial score (nSPS) is 19.5. The number of piperidine rings is 1. The molecule has 34 heavy (non-hydrogen) atoms. The molecule has 2 aromatic rings. The molecule has 1 atom stereocenters. The van der Waals surface area contributed by atoms with Gasteiger partial charge in [-0.2, -0.15) is 23.4 Å². The van der Waals surface area contributed by atoms with E-state index in [-0.39, 0.29) is 17.4 Å². The Labute approximate surface area is 193 Å². The fourth-order valence-electron chi connectivity index (χ4n) is 4.33. The second-order valence-corrected chi connectivity index (χ2v) is 8.22. The average molecular weight is 482 g/mol. The highest BCUT2D eigenvalue weighted by atomic mass is 19.4. The second kappa shape index (κ2) is 10.7. The molecule has 4 heterocycles. The number of aromatic nitrogens is 4. The number of alkyl halides is 3. The summed E-state index contributed by atoms with van der Waals surface area (Å²) in [7, 11) is 1.74. The Balaban J connectivity index is 0.000000406. The van der Waals surface area contributed by atoms with Crippen LogP contribution < -0.4 is 4.90 Å². The number of carboxylic acids is 1. The number of carbonyl (C=O) groups is 2. The first kappa shape index (κ1) is 25.3. The van der Waals surface area contributed by atoms with E-state index in [1.54, 1.807) is 31.8 Å². The maximum atomic E-state index is 12.7. The van der Waals surface area contributed by atoms with Crippen molar-refractivity contribution in [2.24, 2.45) is 5.41 Å². The zero-order valence-electron chi connectivity index (χ0n) is 18.5. The maximum absolute atomic E-state index is 12.7. The zero-order valence-corrected chi connectivity index (χ0v) is 18.5. The van der Waals surface area contributed by atoms with E-state index in [2.05, 4.69) is 25.1 Å². The molecule has 2 saturated heterocycles. The van der Waals surface area contributed by atoms with Gasteiger partial charge in [0, 0.05) is 39.1 Å². The van der Waals surface area contributed by atoms with Crippen molar-refractivity contribution in [2.45, 2.75) is 31.5 Å². The Hall–Kier alpha value is -3.35. The van der Waals surface area contributed by atoms with Gasteiger partial charge in [-0.3, -0.25) is 4.79 Å². The third kappa shape index (κ3) is 6.16. The lowest BCUT2D eigenvalue weighted by Crippen LogP contribution is -2.44. The van der Waals surface area contributed by atoms with Crippen molar-refractivity contribution >= 4 is 17.8 Å². The van der Waals surface area contributed by atoms with E-state index >= 15 is 0 Å². The molecule has 0 radical (unpaired) electrons. The molecule has 0 bridgehead atoms. The molecule has 4 rings (SSSR count). The number of anilines is 1. The molecule has 0 aliphatic carbocycles. The summed E-state index contributed by atoms with van der Waals surface area (Å²) in [6.45, 7) is 3.07. The second-order valence-electron chi connectivity index (χ2n) is 8.22. The maximum Gasteiger partial charge on any atom is 0.490 e. The summed E-state index contributed by atoms with van der Waals surface area (Å²) in [5, 5.41) is 14.7. The van der Waals surface area contributed by atoms with Gasteiger partial charge in [0.1, 0.15) is 0 Å². The number of ether oxygens (including phenoxy) is 1. The predicted molar refractivity (Wildman–Crippen MR) is 113 cm³/mol. The molecule has 1 unspecified atom stereocenters. The summed E-state index contributed by atoms with van der Waals surface area (Å²) in [6, 6.07) is 3.82. The van der Waals surface area contributed by atoms with E-state index in [0.717, 1.165) is 44.8 Å². The van der Waals surface area contributed by atoms with E-state index in [0.29, 0.717) is 12.2 Å². The highest BCUT2D eigenvalue weighted by molar-refractivity contribution is 5.93. The predicted octanol–water partition coefficient (Wildman–Crippen LogP) is 2.05. The van der Waals surface area contributed by atoms with Crippen LogP contribution in [0.4, 0.5) is 19.1 Å². The lowest BCUT2D eigenvalue weighted by molar-refractivity contribution is -0.192. The van der Waals surface area contributed by atoms with Crippen LogP contribution in [0, 0.1) is 5.41 Å². The molecule has 2 aliphatic rings. The standard InChI is InChI=1S/C19H24N6O2.C2HF3O2/c1-27-13-16-11-19(14-25(16)18-20-6-2-7-21-18)4-9-24(10-5-19)17(26)15-3-8-22-23-12-15;3-2(4,5)1(6)7/h2-3,6-8,12,16H,4-5,9-11,13-14H2,1H3;(H,6,7). The van der Waals surface area contributed by atoms with Gasteiger partial charge in [0.25, 0.3) is 5.91 Å². The lowest BCUT2D eigenvalue weighted by Gasteiger charge is -2.39. The molecular weight excluding hydrogens is 457 g/mol. The van der Waals surface area contributed by atoms with Crippen LogP contribution in [0.25, 0.3) is 0 Å². The van der Waals surface area contributed by atoms with Crippen molar-refractivity contribution in [3.8, 4) is 0 Å². The summed E-state index contributed by atoms with van der Waals surface area (Å²) in [6.07, 6.45) is 4.55. The van der Waals surface area contributed by atoms with Crippen LogP contribution >= 0.6 is 0 Å². The fraction of sp³-hybridized carbons (Fsp3) is 0.524. The molecule has 1 spiro atoms. The van der Waals surface area contributed by atoms with Crippen molar-refractivity contribution in [3.63, 3.8) is 0 Å². The first-order valence-corrected chi connectivity index (χ1v) is 10.5. The molecule has 2 aromatic heterocycles. The Morgan fingerprint density at radius 3 is 2.35 bits per heavy atom. The van der Waals surface area contributed by atoms with E-state index in [1.807, 2.05) is 11.0 Å². The molecule has 184 valence electrons. The van der Waals surface area contributed by atoms with E-state index < -0.39 is 12.1 Å². The largest absolute Gasteiger partial charge is 0.490 e. The summed E-state index contributed by atoms with van der Waals surface area (Å²) in [4.78, 5) is 34.6. The molecule has 2 aliphatic heterocycles. The van der Waals surface area contributed by atoms with Crippen LogP contribution in [0.15, 0.2) is 36.9 Å². The van der Waals surface area contributed by atoms with Gasteiger partial charge in [-0.1, -0.05) is 0 Å². The zero-order chi connectivity index (χ0) is 24.8. The summed E-state index contributed by atoms with van der Waals surface area (Å²) >= 11 is 0. The minimum Gasteiger partial charge on any atom is -0.475 e. The number of likely N-dealkylation sites (tertiary alicyclic amines) is 1. The minimum atomic E-state index is -5.08. The highest BCUT2D eigenvalue weighted by Gasteiger charge is 2.47. The molecule has 13 heteroatoms. The van der Waals surface area contributed by atoms with Crippen LogP contribution in [-0.2, 0) is 9.53 Å². The van der Waals surface area contributed by atoms with Gasteiger partial charge in [0.05, 0.1) is 30.6 Å². The number of carbonyl (C=O) groups excluding carboxylic acids is 1. The first-order chi connectivity index (χ1) is 16.1. The molecule has 1 N–H and O–H groups in total. The fourth-order valence-corrected chi connectivity index (χ4v) is 4.33. The third-order valence-electron chi connectivity index (χ3n) is 5.97. The van der Waals surface area contributed by atoms with Gasteiger partial charge in [-0.25, -0.2) is 14.8 Å². The van der Waals surface area contributed by atoms with Gasteiger partial charge < -0.3 is 19.6 Å². The summed E-state index contributed by atoms with van der Waals surface area (Å²) < 4.78 is 37.2. The van der Waals surface area contributed by atoms with Crippen LogP contribution in [0.1, 0.15) is 29.6 Å². The molecule has 0 saturated carbocycles. The Morgan fingerprint density at radius 1 is 1.18 bits per heavy atom. The number of hydrogen-bond acceptors (Lipinski definition) is 8. The average Bonchev–Trinajstić information content (AvgIpc) is 3.18. The Bertz CT molecular complexity index is 956. The molecule has 10 nitrogen and oxygen atoms in total. The van der Waals surface area contributed by atoms with Gasteiger partial charge in [-0.15, -0.1) is 0 Å². The van der Waals surface area contributed by atoms with Gasteiger partial charge in [0.2, 0.25) is 5.95 Å². The number of amides is 1. The lowest BCUT2D eigenvalue weighted by atomic mass is 9.76. The topological polar surface area (TPSA) is 122 Å². The summed E-state index contributed by atoms with van der Waals surface area (Å²) in [5.41, 5.74) is 0.777. The molecule has 0 aromatic carbocycles. The molecular formula is C21H25F3N6O4. The highest BCUT2D eigenvalue weighted by Crippen LogP contribution is 2.44. The smallest absolute Gasteiger partial charge is 0.475 e. The van der Waals surface area contributed by atoms with Crippen molar-refractivity contribution in [1.82, 2.24) is 25.1 Å². The van der Waals surface area contributed by atoms with Crippen molar-refractivity contribution in [2.75, 3.05) is 38.3 Å². The van der Waals surface area contributed by atoms with Crippen LogP contribution in [-0.4, -0.2) is 87.6 Å². The van der Waals surface area contributed by atoms with E-state index in [4.69, 9.17) is 14.6 Å². The van der Waals surface area contributed by atoms with Crippen molar-refractivity contribution in [3.05, 3.63) is 42.5 Å². The molecule has 1 amide bonds. The number of methoxy groups -OCH3 is 1. The number of nitrogens with zero attached hydrogens (tertiary/aromatic N) is 6. The quantitative estimate of drug-likeness (QED) is 0.698. The number of carboxylic acid groups (broad SMARTS) is 1. The summed E-state index contributed by atoms with van der Waals surface area (Å²) in [5.74, 6) is -1.96. The molecule has 2 fully saturated rings. The van der Waals surface area contributed by atoms with Gasteiger partial charge in [-0.05, 0) is 36.8 Å². The number of halogens is 3. The Kier molecular flexibility index (Phi) is 7.97. The van der Waals surface area contributed by atoms with E-state index in [9.17, 15) is 18.0 Å². The minimum absolute atomic E-state index is 0.0365. The number of aliphatic carboxylic acids is 1. The monoisotopic (exact) mass is 482 g/mol. The van der Waals surface area contributed by atoms with Gasteiger partial charge in [0.15, 0.2) is 0 Å². The number of hydrogen-bond donors (Lipinski definition) is 1. The Morgan fingerprint density at radius 2 is 1.82 bits per heavy atom. The van der Waals surface area contributed by atoms with Crippen molar-refractivity contribution < 1.29 is 32.6 Å².